The van der Waals surface area contributed by atoms with Gasteiger partial charge in [0.15, 0.2) is 0 Å². The van der Waals surface area contributed by atoms with E-state index in [1.165, 1.54) is 231 Å². The zero-order valence-corrected chi connectivity index (χ0v) is 88.2. The molecule has 119 heavy (non-hydrogen) atoms. The molecule has 718 valence electrons. The SMILES string of the molecule is CC(C)C(C)N1CCCCC1.CC(C)C1CCCCC1.CC(C)C1CCN(C)CC1.CC(C)C1CCN(S(C)(=O)=O)CC1.CC(C)CN1CCCCC1.CC(C)N1CCCCC1.CC(C)S(=O)(=O)N(C)C.CC(C)S(C)(=O)=O.CCCN1CCC(C(C)C)CC1.CCCS(=O)(=O)N1CCC(C(C)C)CC1.CCS(=O)(=O)N1CCC(C(C)C)CC1. The van der Waals surface area contributed by atoms with E-state index in [1.54, 1.807) is 47.5 Å². The van der Waals surface area contributed by atoms with Crippen LogP contribution in [0.3, 0.4) is 0 Å². The van der Waals surface area contributed by atoms with E-state index in [4.69, 9.17) is 0 Å². The molecule has 9 fully saturated rings. The second kappa shape index (κ2) is 65.0. The third-order valence-electron chi connectivity index (χ3n) is 26.9. The second-order valence-electron chi connectivity index (χ2n) is 40.7. The summed E-state index contributed by atoms with van der Waals surface area (Å²) in [5.74, 6) is 12.1. The minimum absolute atomic E-state index is 0.229. The highest BCUT2D eigenvalue weighted by Crippen LogP contribution is 2.32. The number of hydrogen-bond donors (Lipinski definition) is 0. The molecule has 19 nitrogen and oxygen atoms in total. The molecule has 1 atom stereocenters. The van der Waals surface area contributed by atoms with Crippen LogP contribution in [0.2, 0.25) is 0 Å². The summed E-state index contributed by atoms with van der Waals surface area (Å²) in [5.41, 5.74) is 0. The number of piperidine rings is 8. The fourth-order valence-electron chi connectivity index (χ4n) is 17.0. The van der Waals surface area contributed by atoms with E-state index in [-0.39, 0.29) is 16.3 Å². The number of nitrogens with zero attached hydrogens (tertiary/aromatic N) is 9. The standard InChI is InChI=1S/C11H23NO2S.C11H23N.C10H21NO2S.C10H21N.C9H19NO2S.2C9H19N.C9H18.C8H17N.C5H13NO2S.C4H10O2S/c1-4-9-15(13,14)12-7-5-11(6-8-12)10(2)3;1-4-7-12-8-5-11(6-9-12)10(2)3;1-4-14(12,13)11-7-5-10(6-8-11)9(2)3;1-9(2)10(3)11-7-5-4-6-8-11;1-8(2)9-4-6-10(7-5-9)13(3,11)12;1-8(2)9-4-6-10(3)7-5-9;1-9(2)8-10-6-4-3-5-7-10;2*1-8(2)9-6-4-3-5-7-9;1-5(2)9(7,8)6(3)4;1-4(2)7(3,5)6/h10-11H,4-9H2,1-3H3;10-11H,4-9H2,1-3H3;9-10H,4-8H2,1-3H3;9-10H,4-8H2,1-3H3;8-9H,4-7H2,1-3H3;8-9H,4-7H2,1-3H3;9H,3-8H2,1-2H3;8-9H,3-7H2,1-2H3;8H,3-7H2,1-2H3;5H,1-4H3;4H,1-3H3. The lowest BCUT2D eigenvalue weighted by atomic mass is 9.82. The first-order chi connectivity index (χ1) is 55.2. The summed E-state index contributed by atoms with van der Waals surface area (Å²) in [6.07, 6.45) is 36.7. The van der Waals surface area contributed by atoms with E-state index >= 15 is 0 Å². The number of likely N-dealkylation sites (tertiary alicyclic amines) is 5. The number of sulfone groups is 1. The molecule has 0 N–H and O–H groups in total. The van der Waals surface area contributed by atoms with Crippen molar-refractivity contribution in [3.63, 3.8) is 0 Å². The maximum absolute atomic E-state index is 11.8. The lowest BCUT2D eigenvalue weighted by Gasteiger charge is -2.34. The van der Waals surface area contributed by atoms with E-state index in [0.29, 0.717) is 60.8 Å². The summed E-state index contributed by atoms with van der Waals surface area (Å²) in [6, 6.07) is 1.56. The van der Waals surface area contributed by atoms with Crippen molar-refractivity contribution < 1.29 is 42.1 Å². The molecular weight excluding hydrogens is 1590 g/mol. The summed E-state index contributed by atoms with van der Waals surface area (Å²) in [4.78, 5) is 12.8. The van der Waals surface area contributed by atoms with Crippen LogP contribution < -0.4 is 0 Å². The maximum Gasteiger partial charge on any atom is 0.215 e. The molecule has 8 heterocycles. The van der Waals surface area contributed by atoms with Crippen LogP contribution in [0.4, 0.5) is 0 Å². The number of rotatable bonds is 22. The van der Waals surface area contributed by atoms with Gasteiger partial charge in [-0.05, 0) is 333 Å². The van der Waals surface area contributed by atoms with E-state index < -0.39 is 49.9 Å². The van der Waals surface area contributed by atoms with Crippen LogP contribution in [-0.4, -0.2) is 269 Å². The number of hydrogen-bond acceptors (Lipinski definition) is 15. The third kappa shape index (κ3) is 55.8. The van der Waals surface area contributed by atoms with Crippen LogP contribution in [0.25, 0.3) is 0 Å². The Bertz CT molecular complexity index is 2960. The highest BCUT2D eigenvalue weighted by atomic mass is 32.2. The lowest BCUT2D eigenvalue weighted by Crippen LogP contribution is -2.40. The number of sulfonamides is 4. The van der Waals surface area contributed by atoms with Gasteiger partial charge in [0, 0.05) is 78.2 Å². The van der Waals surface area contributed by atoms with Crippen molar-refractivity contribution in [2.75, 3.05) is 163 Å². The molecule has 0 spiro atoms. The van der Waals surface area contributed by atoms with Gasteiger partial charge in [-0.15, -0.1) is 0 Å². The molecule has 1 unspecified atom stereocenters. The lowest BCUT2D eigenvalue weighted by molar-refractivity contribution is 0.140. The van der Waals surface area contributed by atoms with Gasteiger partial charge in [0.2, 0.25) is 40.1 Å². The minimum Gasteiger partial charge on any atom is -0.306 e. The van der Waals surface area contributed by atoms with Crippen LogP contribution in [0.5, 0.6) is 0 Å². The maximum atomic E-state index is 11.8. The average molecular weight is 1790 g/mol. The summed E-state index contributed by atoms with van der Waals surface area (Å²) in [7, 11) is -9.26. The van der Waals surface area contributed by atoms with E-state index in [9.17, 15) is 42.1 Å². The third-order valence-corrected chi connectivity index (χ3v) is 36.1. The highest BCUT2D eigenvalue weighted by Gasteiger charge is 2.32. The van der Waals surface area contributed by atoms with E-state index in [1.807, 2.05) is 6.92 Å². The molecule has 1 saturated carbocycles. The molecular formula is C95H203N9O10S5. The minimum atomic E-state index is -2.98. The molecule has 0 aromatic rings. The molecule has 8 saturated heterocycles. The van der Waals surface area contributed by atoms with Crippen LogP contribution in [0, 0.1) is 82.9 Å². The van der Waals surface area contributed by atoms with Gasteiger partial charge in [-0.1, -0.05) is 176 Å². The van der Waals surface area contributed by atoms with Gasteiger partial charge >= 0.3 is 0 Å². The van der Waals surface area contributed by atoms with Crippen molar-refractivity contribution in [2.24, 2.45) is 82.9 Å². The molecule has 0 aromatic heterocycles. The predicted molar refractivity (Wildman–Crippen MR) is 520 cm³/mol. The van der Waals surface area contributed by atoms with Gasteiger partial charge in [0.1, 0.15) is 9.84 Å². The summed E-state index contributed by atoms with van der Waals surface area (Å²) in [6.45, 7) is 76.4. The van der Waals surface area contributed by atoms with Gasteiger partial charge in [-0.25, -0.2) is 59.3 Å². The fraction of sp³-hybridized carbons (Fsp3) is 1.00. The molecule has 0 amide bonds. The Morgan fingerprint density at radius 2 is 0.630 bits per heavy atom. The monoisotopic (exact) mass is 1790 g/mol. The summed E-state index contributed by atoms with van der Waals surface area (Å²) < 4.78 is 118. The van der Waals surface area contributed by atoms with E-state index in [0.717, 1.165) is 124 Å². The van der Waals surface area contributed by atoms with Crippen molar-refractivity contribution >= 4 is 49.9 Å². The van der Waals surface area contributed by atoms with Crippen LogP contribution >= 0.6 is 0 Å². The van der Waals surface area contributed by atoms with Crippen LogP contribution in [0.15, 0.2) is 0 Å². The Balaban J connectivity index is 0. The first-order valence-electron chi connectivity index (χ1n) is 48.9. The van der Waals surface area contributed by atoms with Crippen LogP contribution in [-0.2, 0) is 49.9 Å². The Kier molecular flexibility index (Phi) is 65.8. The van der Waals surface area contributed by atoms with Gasteiger partial charge in [-0.3, -0.25) is 0 Å². The predicted octanol–water partition coefficient (Wildman–Crippen LogP) is 20.3. The fourth-order valence-corrected chi connectivity index (χ4v) is 21.4. The van der Waals surface area contributed by atoms with Crippen molar-refractivity contribution in [1.82, 2.24) is 41.7 Å². The van der Waals surface area contributed by atoms with Crippen molar-refractivity contribution in [3.05, 3.63) is 0 Å². The Labute approximate surface area is 744 Å². The summed E-state index contributed by atoms with van der Waals surface area (Å²) in [5, 5.41) is -0.542. The van der Waals surface area contributed by atoms with Crippen molar-refractivity contribution in [2.45, 2.75) is 370 Å². The molecule has 9 rings (SSSR count). The van der Waals surface area contributed by atoms with E-state index in [2.05, 4.69) is 170 Å². The molecule has 24 heteroatoms. The largest absolute Gasteiger partial charge is 0.306 e. The van der Waals surface area contributed by atoms with Gasteiger partial charge in [0.05, 0.1) is 28.3 Å². The Hall–Kier alpha value is -0.610. The zero-order valence-electron chi connectivity index (χ0n) is 84.1. The van der Waals surface area contributed by atoms with Crippen molar-refractivity contribution in [3.8, 4) is 0 Å². The first-order valence-corrected chi connectivity index (χ1v) is 57.4. The second-order valence-corrected chi connectivity index (χ2v) is 52.3. The zero-order chi connectivity index (χ0) is 91.6. The Morgan fingerprint density at radius 1 is 0.328 bits per heavy atom. The first kappa shape index (κ1) is 120. The van der Waals surface area contributed by atoms with Gasteiger partial charge in [0.25, 0.3) is 0 Å². The average Bonchev–Trinajstić information content (AvgIpc) is 0.842. The Morgan fingerprint density at radius 3 is 0.882 bits per heavy atom. The van der Waals surface area contributed by atoms with Gasteiger partial charge < -0.3 is 24.5 Å². The molecule has 1 aliphatic carbocycles. The summed E-state index contributed by atoms with van der Waals surface area (Å²) >= 11 is 0. The molecule has 0 radical (unpaired) electrons. The van der Waals surface area contributed by atoms with Crippen molar-refractivity contribution in [1.29, 1.82) is 0 Å². The van der Waals surface area contributed by atoms with Gasteiger partial charge in [-0.2, -0.15) is 0 Å². The highest BCUT2D eigenvalue weighted by molar-refractivity contribution is 7.91. The molecule has 8 aliphatic heterocycles. The van der Waals surface area contributed by atoms with Crippen LogP contribution in [0.1, 0.15) is 347 Å². The topological polar surface area (TPSA) is 200 Å². The molecule has 9 aliphatic rings. The smallest absolute Gasteiger partial charge is 0.215 e. The molecule has 0 bridgehead atoms. The normalized spacial score (nSPS) is 21.2. The quantitative estimate of drug-likeness (QED) is 0.0990. The molecule has 0 aromatic carbocycles.